The van der Waals surface area contributed by atoms with E-state index in [0.717, 1.165) is 51.0 Å². The average Bonchev–Trinajstić information content (AvgIpc) is 3.29. The van der Waals surface area contributed by atoms with E-state index in [-0.39, 0.29) is 11.6 Å². The highest BCUT2D eigenvalue weighted by molar-refractivity contribution is 9.10. The lowest BCUT2D eigenvalue weighted by atomic mass is 9.83. The van der Waals surface area contributed by atoms with Gasteiger partial charge in [0.05, 0.1) is 35.0 Å². The zero-order chi connectivity index (χ0) is 27.8. The van der Waals surface area contributed by atoms with Crippen molar-refractivity contribution < 1.29 is 14.2 Å². The van der Waals surface area contributed by atoms with E-state index in [0.29, 0.717) is 27.4 Å². The molecule has 8 heteroatoms. The molecule has 0 fully saturated rings. The number of allylic oxidation sites excluding steroid dienone is 1. The van der Waals surface area contributed by atoms with Crippen LogP contribution in [0.15, 0.2) is 93.2 Å². The fourth-order valence-electron chi connectivity index (χ4n) is 5.39. The Bertz CT molecular complexity index is 1850. The smallest absolute Gasteiger partial charge is 0.271 e. The molecule has 0 radical (unpaired) electrons. The van der Waals surface area contributed by atoms with E-state index < -0.39 is 0 Å². The van der Waals surface area contributed by atoms with Gasteiger partial charge in [0, 0.05) is 5.56 Å². The molecule has 0 saturated carbocycles. The largest absolute Gasteiger partial charge is 0.497 e. The molecule has 1 aromatic heterocycles. The summed E-state index contributed by atoms with van der Waals surface area (Å²) in [6.07, 6.45) is 5.30. The number of hydrogen-bond acceptors (Lipinski definition) is 6. The Hall–Kier alpha value is -3.88. The number of aryl methyl sites for hydroxylation is 1. The second-order valence-corrected chi connectivity index (χ2v) is 11.4. The maximum Gasteiger partial charge on any atom is 0.271 e. The number of aromatic nitrogens is 1. The number of benzene rings is 3. The lowest BCUT2D eigenvalue weighted by Gasteiger charge is -2.31. The summed E-state index contributed by atoms with van der Waals surface area (Å²) in [5, 5.41) is 0. The Labute approximate surface area is 244 Å². The van der Waals surface area contributed by atoms with E-state index in [2.05, 4.69) is 46.8 Å². The summed E-state index contributed by atoms with van der Waals surface area (Å²) in [7, 11) is 3.25. The maximum atomic E-state index is 14.1. The molecule has 202 valence electrons. The molecule has 1 aliphatic carbocycles. The van der Waals surface area contributed by atoms with Crippen LogP contribution in [0.25, 0.3) is 11.8 Å². The number of hydrogen-bond donors (Lipinski definition) is 0. The highest BCUT2D eigenvalue weighted by Crippen LogP contribution is 2.42. The summed E-state index contributed by atoms with van der Waals surface area (Å²) in [5.41, 5.74) is 6.27. The Morgan fingerprint density at radius 2 is 1.95 bits per heavy atom. The second kappa shape index (κ2) is 10.9. The number of fused-ring (bicyclic) bond motifs is 3. The Kier molecular flexibility index (Phi) is 7.21. The highest BCUT2D eigenvalue weighted by Gasteiger charge is 2.32. The van der Waals surface area contributed by atoms with Crippen LogP contribution in [0.2, 0.25) is 0 Å². The zero-order valence-corrected chi connectivity index (χ0v) is 24.6. The van der Waals surface area contributed by atoms with Gasteiger partial charge in [-0.1, -0.05) is 60.4 Å². The SMILES string of the molecule is C=CCOc1c(Br)cc(/C=c2/sc3n(c2=O)C(c2cccc(OC)c2)C2=C(N=3)c3ccccc3CC2)cc1OC. The molecule has 2 heterocycles. The van der Waals surface area contributed by atoms with Crippen LogP contribution in [-0.2, 0) is 6.42 Å². The zero-order valence-electron chi connectivity index (χ0n) is 22.1. The fourth-order valence-corrected chi connectivity index (χ4v) is 6.97. The molecule has 6 rings (SSSR count). The van der Waals surface area contributed by atoms with Crippen molar-refractivity contribution in [3.63, 3.8) is 0 Å². The summed E-state index contributed by atoms with van der Waals surface area (Å²) in [6.45, 7) is 4.06. The monoisotopic (exact) mass is 614 g/mol. The van der Waals surface area contributed by atoms with E-state index >= 15 is 0 Å². The number of methoxy groups -OCH3 is 2. The molecule has 0 N–H and O–H groups in total. The molecule has 0 amide bonds. The normalized spacial score (nSPS) is 16.0. The van der Waals surface area contributed by atoms with Gasteiger partial charge in [0.1, 0.15) is 12.4 Å². The van der Waals surface area contributed by atoms with Crippen LogP contribution in [-0.4, -0.2) is 25.4 Å². The summed E-state index contributed by atoms with van der Waals surface area (Å²) in [6, 6.07) is 19.9. The van der Waals surface area contributed by atoms with Crippen molar-refractivity contribution in [2.24, 2.45) is 4.99 Å². The minimum Gasteiger partial charge on any atom is -0.497 e. The van der Waals surface area contributed by atoms with Crippen LogP contribution in [0.1, 0.15) is 34.7 Å². The first-order chi connectivity index (χ1) is 19.5. The van der Waals surface area contributed by atoms with Crippen molar-refractivity contribution in [3.05, 3.63) is 125 Å². The predicted molar refractivity (Wildman–Crippen MR) is 162 cm³/mol. The maximum absolute atomic E-state index is 14.1. The van der Waals surface area contributed by atoms with Crippen LogP contribution >= 0.6 is 27.3 Å². The Morgan fingerprint density at radius 3 is 2.75 bits per heavy atom. The quantitative estimate of drug-likeness (QED) is 0.252. The molecule has 1 atom stereocenters. The van der Waals surface area contributed by atoms with Crippen LogP contribution in [0.3, 0.4) is 0 Å². The van der Waals surface area contributed by atoms with Crippen molar-refractivity contribution >= 4 is 39.0 Å². The van der Waals surface area contributed by atoms with Gasteiger partial charge in [-0.3, -0.25) is 9.36 Å². The minimum atomic E-state index is -0.271. The topological polar surface area (TPSA) is 62.0 Å². The molecular weight excluding hydrogens is 588 g/mol. The van der Waals surface area contributed by atoms with Gasteiger partial charge in [0.2, 0.25) is 0 Å². The number of nitrogens with zero attached hydrogens (tertiary/aromatic N) is 2. The van der Waals surface area contributed by atoms with E-state index in [4.69, 9.17) is 19.2 Å². The van der Waals surface area contributed by atoms with Crippen LogP contribution < -0.4 is 29.1 Å². The molecular formula is C32H27BrN2O4S. The van der Waals surface area contributed by atoms with Crippen molar-refractivity contribution in [2.75, 3.05) is 20.8 Å². The van der Waals surface area contributed by atoms with Crippen molar-refractivity contribution in [3.8, 4) is 17.2 Å². The first kappa shape index (κ1) is 26.3. The van der Waals surface area contributed by atoms with Crippen LogP contribution in [0.4, 0.5) is 0 Å². The molecule has 1 aliphatic heterocycles. The average molecular weight is 616 g/mol. The van der Waals surface area contributed by atoms with Gasteiger partial charge in [-0.25, -0.2) is 4.99 Å². The fraction of sp³-hybridized carbons (Fsp3) is 0.188. The van der Waals surface area contributed by atoms with Gasteiger partial charge in [0.15, 0.2) is 16.3 Å². The number of ether oxygens (including phenoxy) is 3. The lowest BCUT2D eigenvalue weighted by Crippen LogP contribution is -2.38. The molecule has 3 aromatic carbocycles. The van der Waals surface area contributed by atoms with Gasteiger partial charge < -0.3 is 14.2 Å². The Balaban J connectivity index is 1.56. The van der Waals surface area contributed by atoms with Crippen LogP contribution in [0, 0.1) is 0 Å². The Morgan fingerprint density at radius 1 is 1.10 bits per heavy atom. The van der Waals surface area contributed by atoms with Gasteiger partial charge in [0.25, 0.3) is 5.56 Å². The highest BCUT2D eigenvalue weighted by atomic mass is 79.9. The molecule has 1 unspecified atom stereocenters. The van der Waals surface area contributed by atoms with Gasteiger partial charge in [-0.2, -0.15) is 0 Å². The third-order valence-corrected chi connectivity index (χ3v) is 8.75. The van der Waals surface area contributed by atoms with E-state index in [9.17, 15) is 4.79 Å². The van der Waals surface area contributed by atoms with Gasteiger partial charge in [-0.15, -0.1) is 0 Å². The molecule has 6 nitrogen and oxygen atoms in total. The molecule has 4 aromatic rings. The van der Waals surface area contributed by atoms with Gasteiger partial charge in [-0.05, 0) is 81.4 Å². The summed E-state index contributed by atoms with van der Waals surface area (Å²) >= 11 is 4.99. The van der Waals surface area contributed by atoms with Crippen molar-refractivity contribution in [2.45, 2.75) is 18.9 Å². The summed E-state index contributed by atoms with van der Waals surface area (Å²) in [5.74, 6) is 1.91. The lowest BCUT2D eigenvalue weighted by molar-refractivity contribution is 0.324. The number of halogens is 1. The predicted octanol–water partition coefficient (Wildman–Crippen LogP) is 5.66. The first-order valence-corrected chi connectivity index (χ1v) is 14.5. The minimum absolute atomic E-state index is 0.0796. The van der Waals surface area contributed by atoms with E-state index in [1.807, 2.05) is 47.0 Å². The van der Waals surface area contributed by atoms with E-state index in [1.165, 1.54) is 16.9 Å². The van der Waals surface area contributed by atoms with E-state index in [1.54, 1.807) is 20.3 Å². The first-order valence-electron chi connectivity index (χ1n) is 12.9. The van der Waals surface area contributed by atoms with Crippen molar-refractivity contribution in [1.29, 1.82) is 0 Å². The summed E-state index contributed by atoms with van der Waals surface area (Å²) in [4.78, 5) is 19.8. The standard InChI is InChI=1S/C32H27BrN2O4S/c1-4-14-39-30-25(33)15-19(16-26(30)38-3)17-27-31(36)35-29(21-9-7-10-22(18-21)37-2)24-13-12-20-8-5-6-11-23(20)28(24)34-32(35)40-27/h4-11,15-18,29H,1,12-14H2,2-3H3/b27-17+. The molecule has 0 spiro atoms. The van der Waals surface area contributed by atoms with Gasteiger partial charge >= 0.3 is 0 Å². The molecule has 0 saturated heterocycles. The molecule has 2 aliphatic rings. The molecule has 40 heavy (non-hydrogen) atoms. The summed E-state index contributed by atoms with van der Waals surface area (Å²) < 4.78 is 20.1. The third-order valence-electron chi connectivity index (χ3n) is 7.18. The second-order valence-electron chi connectivity index (χ2n) is 9.52. The molecule has 0 bridgehead atoms. The number of rotatable bonds is 7. The van der Waals surface area contributed by atoms with Crippen molar-refractivity contribution in [1.82, 2.24) is 4.57 Å². The third kappa shape index (κ3) is 4.61. The number of thiazole rings is 1. The van der Waals surface area contributed by atoms with Crippen LogP contribution in [0.5, 0.6) is 17.2 Å².